The van der Waals surface area contributed by atoms with Crippen LogP contribution in [0.4, 0.5) is 5.82 Å². The van der Waals surface area contributed by atoms with Crippen LogP contribution in [0.15, 0.2) is 40.1 Å². The monoisotopic (exact) mass is 648 g/mol. The molecule has 5 rings (SSSR count). The normalized spacial score (nSPS) is 14.3. The van der Waals surface area contributed by atoms with Crippen molar-refractivity contribution in [3.05, 3.63) is 67.9 Å². The molecular weight excluding hydrogens is 623 g/mol. The molecule has 0 atom stereocenters. The molecule has 1 aliphatic heterocycles. The number of benzene rings is 2. The zero-order valence-corrected chi connectivity index (χ0v) is 25.4. The predicted molar refractivity (Wildman–Crippen MR) is 160 cm³/mol. The Kier molecular flexibility index (Phi) is 9.62. The van der Waals surface area contributed by atoms with E-state index in [0.29, 0.717) is 39.9 Å². The van der Waals surface area contributed by atoms with Crippen LogP contribution in [-0.2, 0) is 13.2 Å². The fraction of sp³-hybridized carbons (Fsp3) is 0.308. The van der Waals surface area contributed by atoms with Crippen molar-refractivity contribution >= 4 is 52.7 Å². The summed E-state index contributed by atoms with van der Waals surface area (Å²) in [4.78, 5) is 17.6. The maximum absolute atomic E-state index is 13.2. The van der Waals surface area contributed by atoms with Gasteiger partial charge in [0.2, 0.25) is 11.6 Å². The van der Waals surface area contributed by atoms with Gasteiger partial charge in [0.1, 0.15) is 12.4 Å². The fourth-order valence-corrected chi connectivity index (χ4v) is 5.30. The Morgan fingerprint density at radius 1 is 1.14 bits per heavy atom. The van der Waals surface area contributed by atoms with Crippen molar-refractivity contribution in [2.24, 2.45) is 5.10 Å². The van der Waals surface area contributed by atoms with Gasteiger partial charge in [0.05, 0.1) is 29.1 Å². The van der Waals surface area contributed by atoms with Gasteiger partial charge in [-0.05, 0) is 53.3 Å². The van der Waals surface area contributed by atoms with Crippen LogP contribution in [0.3, 0.4) is 0 Å². The zero-order chi connectivity index (χ0) is 30.5. The van der Waals surface area contributed by atoms with Gasteiger partial charge < -0.3 is 20.1 Å². The molecule has 1 saturated heterocycles. The smallest absolute Gasteiger partial charge is 0.293 e. The summed E-state index contributed by atoms with van der Waals surface area (Å²) in [6, 6.07) is 8.40. The molecule has 226 valence electrons. The highest BCUT2D eigenvalue weighted by atomic mass is 35.5. The highest BCUT2D eigenvalue weighted by Crippen LogP contribution is 2.36. The zero-order valence-electron chi connectivity index (χ0n) is 23.1. The lowest BCUT2D eigenvalue weighted by Crippen LogP contribution is -2.44. The summed E-state index contributed by atoms with van der Waals surface area (Å²) in [7, 11) is 3.61. The van der Waals surface area contributed by atoms with Gasteiger partial charge >= 0.3 is 0 Å². The van der Waals surface area contributed by atoms with Crippen molar-refractivity contribution < 1.29 is 18.9 Å². The Morgan fingerprint density at radius 3 is 2.56 bits per heavy atom. The van der Waals surface area contributed by atoms with Crippen molar-refractivity contribution in [2.75, 3.05) is 46.1 Å². The third-order valence-corrected chi connectivity index (χ3v) is 7.44. The number of halogens is 3. The number of likely N-dealkylation sites (N-methyl/N-ethyl adjacent to an activating group) is 1. The number of anilines is 1. The Balaban J connectivity index is 1.31. The maximum Gasteiger partial charge on any atom is 0.293 e. The van der Waals surface area contributed by atoms with E-state index in [1.807, 2.05) is 0 Å². The van der Waals surface area contributed by atoms with Gasteiger partial charge in [-0.25, -0.2) is 10.1 Å². The van der Waals surface area contributed by atoms with E-state index >= 15 is 0 Å². The fourth-order valence-electron chi connectivity index (χ4n) is 4.37. The van der Waals surface area contributed by atoms with Gasteiger partial charge in [-0.3, -0.25) is 9.69 Å². The standard InChI is InChI=1S/C26H27Cl3N10O4/c1-37-5-7-38(8-6-37)13-20-22(32-36-39(20)25-24(30)34-43-35-25)26(40)33-31-12-15-3-4-21(41-2)16(9-15)14-42-23-18(28)10-17(27)11-19(23)29/h3-4,9-12H,5-8,13-14H2,1-2H3,(H2,30,34)(H,33,40)/b31-12+. The largest absolute Gasteiger partial charge is 0.496 e. The molecule has 3 heterocycles. The summed E-state index contributed by atoms with van der Waals surface area (Å²) in [5.41, 5.74) is 10.3. The Labute approximate surface area is 261 Å². The van der Waals surface area contributed by atoms with E-state index in [9.17, 15) is 4.79 Å². The maximum atomic E-state index is 13.2. The van der Waals surface area contributed by atoms with Crippen LogP contribution < -0.4 is 20.6 Å². The molecule has 0 spiro atoms. The Hall–Kier alpha value is -3.95. The lowest BCUT2D eigenvalue weighted by molar-refractivity contribution is 0.0946. The van der Waals surface area contributed by atoms with Crippen LogP contribution in [0.25, 0.3) is 5.82 Å². The number of aromatic nitrogens is 5. The first-order valence-corrected chi connectivity index (χ1v) is 14.1. The molecule has 0 unspecified atom stereocenters. The molecular formula is C26H27Cl3N10O4. The molecule has 0 saturated carbocycles. The number of nitrogens with one attached hydrogen (secondary N) is 1. The Bertz CT molecular complexity index is 1610. The molecule has 0 aliphatic carbocycles. The van der Waals surface area contributed by atoms with Crippen LogP contribution in [-0.4, -0.2) is 87.6 Å². The van der Waals surface area contributed by atoms with E-state index in [4.69, 9.17) is 54.6 Å². The van der Waals surface area contributed by atoms with Crippen molar-refractivity contribution in [2.45, 2.75) is 13.2 Å². The van der Waals surface area contributed by atoms with Gasteiger partial charge in [0, 0.05) is 43.3 Å². The number of rotatable bonds is 10. The Morgan fingerprint density at radius 2 is 1.88 bits per heavy atom. The van der Waals surface area contributed by atoms with Crippen LogP contribution in [0.2, 0.25) is 15.1 Å². The third-order valence-electron chi connectivity index (χ3n) is 6.66. The molecule has 1 amide bonds. The van der Waals surface area contributed by atoms with Gasteiger partial charge in [-0.2, -0.15) is 9.78 Å². The van der Waals surface area contributed by atoms with Crippen molar-refractivity contribution in [3.63, 3.8) is 0 Å². The highest BCUT2D eigenvalue weighted by molar-refractivity contribution is 6.40. The molecule has 43 heavy (non-hydrogen) atoms. The SMILES string of the molecule is COc1ccc(/C=N/NC(=O)c2nnn(-c3nonc3N)c2CN2CCN(C)CC2)cc1COc1c(Cl)cc(Cl)cc1Cl. The van der Waals surface area contributed by atoms with Crippen molar-refractivity contribution in [1.29, 1.82) is 0 Å². The van der Waals surface area contributed by atoms with Crippen molar-refractivity contribution in [1.82, 2.24) is 40.5 Å². The van der Waals surface area contributed by atoms with E-state index in [0.717, 1.165) is 26.2 Å². The molecule has 4 aromatic rings. The van der Waals surface area contributed by atoms with Gasteiger partial charge in [-0.15, -0.1) is 5.10 Å². The first-order valence-electron chi connectivity index (χ1n) is 12.9. The van der Waals surface area contributed by atoms with Crippen LogP contribution >= 0.6 is 34.8 Å². The minimum Gasteiger partial charge on any atom is -0.496 e. The van der Waals surface area contributed by atoms with E-state index in [-0.39, 0.29) is 34.0 Å². The summed E-state index contributed by atoms with van der Waals surface area (Å²) in [6.45, 7) is 3.84. The molecule has 2 aromatic carbocycles. The van der Waals surface area contributed by atoms with Gasteiger partial charge in [-0.1, -0.05) is 40.0 Å². The average Bonchev–Trinajstić information content (AvgIpc) is 3.59. The number of carbonyl (C=O) groups excluding carboxylic acids is 1. The first kappa shape index (κ1) is 30.5. The van der Waals surface area contributed by atoms with Crippen LogP contribution in [0.1, 0.15) is 27.3 Å². The predicted octanol–water partition coefficient (Wildman–Crippen LogP) is 3.29. The third kappa shape index (κ3) is 7.17. The average molecular weight is 650 g/mol. The van der Waals surface area contributed by atoms with Crippen molar-refractivity contribution in [3.8, 4) is 17.3 Å². The number of amides is 1. The first-order chi connectivity index (χ1) is 20.7. The molecule has 1 fully saturated rings. The lowest BCUT2D eigenvalue weighted by Gasteiger charge is -2.32. The number of piperazine rings is 1. The summed E-state index contributed by atoms with van der Waals surface area (Å²) in [6.07, 6.45) is 1.48. The second-order valence-corrected chi connectivity index (χ2v) is 10.9. The molecule has 0 bridgehead atoms. The quantitative estimate of drug-likeness (QED) is 0.192. The van der Waals surface area contributed by atoms with Crippen LogP contribution in [0, 0.1) is 0 Å². The highest BCUT2D eigenvalue weighted by Gasteiger charge is 2.26. The summed E-state index contributed by atoms with van der Waals surface area (Å²) >= 11 is 18.5. The molecule has 14 nitrogen and oxygen atoms in total. The number of nitrogen functional groups attached to an aromatic ring is 1. The van der Waals surface area contributed by atoms with E-state index in [1.54, 1.807) is 37.4 Å². The molecule has 0 radical (unpaired) electrons. The van der Waals surface area contributed by atoms with E-state index < -0.39 is 5.91 Å². The number of nitrogens with zero attached hydrogens (tertiary/aromatic N) is 8. The summed E-state index contributed by atoms with van der Waals surface area (Å²) < 4.78 is 17.4. The topological polar surface area (TPSA) is 162 Å². The van der Waals surface area contributed by atoms with Gasteiger partial charge in [0.15, 0.2) is 11.4 Å². The van der Waals surface area contributed by atoms with Crippen LogP contribution in [0.5, 0.6) is 11.5 Å². The van der Waals surface area contributed by atoms with E-state index in [2.05, 4.69) is 48.0 Å². The second-order valence-electron chi connectivity index (χ2n) is 9.61. The lowest BCUT2D eigenvalue weighted by atomic mass is 10.1. The molecule has 2 aromatic heterocycles. The molecule has 3 N–H and O–H groups in total. The number of ether oxygens (including phenoxy) is 2. The summed E-state index contributed by atoms with van der Waals surface area (Å²) in [5.74, 6) is 0.479. The summed E-state index contributed by atoms with van der Waals surface area (Å²) in [5, 5.41) is 20.7. The molecule has 1 aliphatic rings. The van der Waals surface area contributed by atoms with E-state index in [1.165, 1.54) is 10.9 Å². The number of methoxy groups -OCH3 is 1. The number of hydrogen-bond donors (Lipinski definition) is 2. The van der Waals surface area contributed by atoms with Gasteiger partial charge in [0.25, 0.3) is 5.91 Å². The second kappa shape index (κ2) is 13.6. The molecule has 17 heteroatoms. The number of hydrazone groups is 1. The number of hydrogen-bond acceptors (Lipinski definition) is 12. The minimum absolute atomic E-state index is 0.0226. The number of nitrogens with two attached hydrogens (primary N) is 1. The number of carbonyl (C=O) groups is 1. The minimum atomic E-state index is -0.564.